The number of amides is 1. The minimum Gasteiger partial charge on any atom is -0.313 e. The number of carbonyl (C=O) groups excluding carboxylic acids is 1. The summed E-state index contributed by atoms with van der Waals surface area (Å²) in [5, 5.41) is 9.44. The molecule has 0 saturated heterocycles. The van der Waals surface area contributed by atoms with Crippen LogP contribution >= 0.6 is 11.8 Å². The van der Waals surface area contributed by atoms with Gasteiger partial charge in [0, 0.05) is 25.2 Å². The molecule has 142 valence electrons. The highest BCUT2D eigenvalue weighted by Crippen LogP contribution is 2.34. The summed E-state index contributed by atoms with van der Waals surface area (Å²) in [6, 6.07) is 10.7. The van der Waals surface area contributed by atoms with Gasteiger partial charge in [0.2, 0.25) is 5.91 Å². The molecule has 0 atom stereocenters. The summed E-state index contributed by atoms with van der Waals surface area (Å²) in [5.74, 6) is 1.55. The van der Waals surface area contributed by atoms with Crippen molar-refractivity contribution in [2.24, 2.45) is 7.05 Å². The van der Waals surface area contributed by atoms with Crippen molar-refractivity contribution >= 4 is 17.7 Å². The van der Waals surface area contributed by atoms with E-state index in [0.29, 0.717) is 11.8 Å². The fraction of sp³-hybridized carbons (Fsp3) is 0.476. The molecule has 0 radical (unpaired) electrons. The molecule has 1 saturated carbocycles. The summed E-state index contributed by atoms with van der Waals surface area (Å²) in [4.78, 5) is 15.0. The van der Waals surface area contributed by atoms with Crippen LogP contribution in [0.3, 0.4) is 0 Å². The molecule has 4 rings (SSSR count). The molecular weight excluding hydrogens is 356 g/mol. The van der Waals surface area contributed by atoms with Crippen LogP contribution in [-0.4, -0.2) is 37.4 Å². The Morgan fingerprint density at radius 2 is 2.04 bits per heavy atom. The first kappa shape index (κ1) is 18.3. The van der Waals surface area contributed by atoms with Gasteiger partial charge in [0.25, 0.3) is 0 Å². The highest BCUT2D eigenvalue weighted by molar-refractivity contribution is 7.99. The van der Waals surface area contributed by atoms with Crippen molar-refractivity contribution in [2.45, 2.75) is 56.1 Å². The topological polar surface area (TPSA) is 51.0 Å². The highest BCUT2D eigenvalue weighted by atomic mass is 32.2. The number of aromatic nitrogens is 3. The third-order valence-electron chi connectivity index (χ3n) is 5.21. The summed E-state index contributed by atoms with van der Waals surface area (Å²) in [6.45, 7) is 0. The average Bonchev–Trinajstić information content (AvgIpc) is 3.47. The van der Waals surface area contributed by atoms with Crippen molar-refractivity contribution in [1.82, 2.24) is 19.7 Å². The van der Waals surface area contributed by atoms with Crippen molar-refractivity contribution < 1.29 is 4.79 Å². The zero-order valence-corrected chi connectivity index (χ0v) is 16.6. The van der Waals surface area contributed by atoms with Crippen molar-refractivity contribution in [1.29, 1.82) is 0 Å². The van der Waals surface area contributed by atoms with Gasteiger partial charge in [-0.3, -0.25) is 4.79 Å². The maximum atomic E-state index is 12.9. The number of allylic oxidation sites excluding steroid dienone is 2. The van der Waals surface area contributed by atoms with E-state index in [-0.39, 0.29) is 5.91 Å². The summed E-state index contributed by atoms with van der Waals surface area (Å²) in [5.41, 5.74) is 2.46. The Kier molecular flexibility index (Phi) is 5.62. The maximum Gasteiger partial charge on any atom is 0.237 e. The molecule has 2 aromatic rings. The van der Waals surface area contributed by atoms with E-state index in [2.05, 4.69) is 33.3 Å². The van der Waals surface area contributed by atoms with Crippen molar-refractivity contribution in [3.8, 4) is 0 Å². The van der Waals surface area contributed by atoms with E-state index < -0.39 is 0 Å². The first-order chi connectivity index (χ1) is 13.2. The monoisotopic (exact) mass is 382 g/mol. The van der Waals surface area contributed by atoms with Gasteiger partial charge in [-0.25, -0.2) is 0 Å². The smallest absolute Gasteiger partial charge is 0.237 e. The van der Waals surface area contributed by atoms with Gasteiger partial charge in [-0.1, -0.05) is 48.2 Å². The van der Waals surface area contributed by atoms with Gasteiger partial charge in [0.1, 0.15) is 5.82 Å². The molecule has 1 aromatic carbocycles. The lowest BCUT2D eigenvalue weighted by Gasteiger charge is -2.27. The average molecular weight is 383 g/mol. The summed E-state index contributed by atoms with van der Waals surface area (Å²) in [7, 11) is 1.98. The third-order valence-corrected chi connectivity index (χ3v) is 6.22. The number of benzene rings is 1. The second kappa shape index (κ2) is 8.30. The molecule has 0 N–H and O–H groups in total. The van der Waals surface area contributed by atoms with E-state index in [1.807, 2.05) is 29.8 Å². The number of rotatable bonds is 7. The Bertz CT molecular complexity index is 826. The van der Waals surface area contributed by atoms with Gasteiger partial charge in [0.15, 0.2) is 5.16 Å². The molecule has 27 heavy (non-hydrogen) atoms. The van der Waals surface area contributed by atoms with E-state index in [1.165, 1.54) is 35.9 Å². The van der Waals surface area contributed by atoms with E-state index in [1.54, 1.807) is 0 Å². The lowest BCUT2D eigenvalue weighted by atomic mass is 10.0. The molecule has 0 aliphatic heterocycles. The van der Waals surface area contributed by atoms with Gasteiger partial charge < -0.3 is 9.47 Å². The minimum atomic E-state index is 0.211. The van der Waals surface area contributed by atoms with Gasteiger partial charge in [-0.15, -0.1) is 10.2 Å². The molecule has 1 amide bonds. The number of nitrogens with zero attached hydrogens (tertiary/aromatic N) is 4. The fourth-order valence-electron chi connectivity index (χ4n) is 3.57. The predicted molar refractivity (Wildman–Crippen MR) is 107 cm³/mol. The summed E-state index contributed by atoms with van der Waals surface area (Å²) < 4.78 is 2.01. The molecule has 1 heterocycles. The van der Waals surface area contributed by atoms with Gasteiger partial charge >= 0.3 is 0 Å². The van der Waals surface area contributed by atoms with Crippen LogP contribution < -0.4 is 0 Å². The Morgan fingerprint density at radius 1 is 1.22 bits per heavy atom. The van der Waals surface area contributed by atoms with Crippen LogP contribution in [0.2, 0.25) is 0 Å². The minimum absolute atomic E-state index is 0.211. The number of hydrogen-bond acceptors (Lipinski definition) is 4. The molecule has 6 heteroatoms. The van der Waals surface area contributed by atoms with Crippen molar-refractivity contribution in [3.63, 3.8) is 0 Å². The molecule has 1 fully saturated rings. The first-order valence-electron chi connectivity index (χ1n) is 9.78. The molecule has 2 aliphatic rings. The van der Waals surface area contributed by atoms with Crippen LogP contribution in [0.4, 0.5) is 0 Å². The van der Waals surface area contributed by atoms with Gasteiger partial charge in [-0.05, 0) is 44.1 Å². The quantitative estimate of drug-likeness (QED) is 0.681. The lowest BCUT2D eigenvalue weighted by molar-refractivity contribution is -0.127. The zero-order chi connectivity index (χ0) is 18.6. The Hall–Kier alpha value is -2.08. The van der Waals surface area contributed by atoms with Crippen LogP contribution in [-0.2, 0) is 18.3 Å². The van der Waals surface area contributed by atoms with Crippen LogP contribution in [0, 0.1) is 0 Å². The Balaban J connectivity index is 1.39. The molecule has 5 nitrogen and oxygen atoms in total. The lowest BCUT2D eigenvalue weighted by Crippen LogP contribution is -2.34. The van der Waals surface area contributed by atoms with Crippen LogP contribution in [0.5, 0.6) is 0 Å². The number of thioether (sulfide) groups is 1. The largest absolute Gasteiger partial charge is 0.313 e. The van der Waals surface area contributed by atoms with Gasteiger partial charge in [0.05, 0.1) is 5.75 Å². The van der Waals surface area contributed by atoms with E-state index in [9.17, 15) is 4.79 Å². The van der Waals surface area contributed by atoms with Crippen LogP contribution in [0.25, 0.3) is 0 Å². The predicted octanol–water partition coefficient (Wildman–Crippen LogP) is 3.95. The van der Waals surface area contributed by atoms with Crippen molar-refractivity contribution in [3.05, 3.63) is 53.5 Å². The summed E-state index contributed by atoms with van der Waals surface area (Å²) >= 11 is 1.49. The molecule has 1 aromatic heterocycles. The second-order valence-electron chi connectivity index (χ2n) is 7.35. The molecule has 2 aliphatic carbocycles. The molecule has 0 spiro atoms. The van der Waals surface area contributed by atoms with Gasteiger partial charge in [-0.2, -0.15) is 0 Å². The van der Waals surface area contributed by atoms with E-state index in [0.717, 1.165) is 43.1 Å². The van der Waals surface area contributed by atoms with Crippen molar-refractivity contribution in [2.75, 3.05) is 5.75 Å². The van der Waals surface area contributed by atoms with E-state index >= 15 is 0 Å². The number of carbonyl (C=O) groups is 1. The number of hydrogen-bond donors (Lipinski definition) is 0. The second-order valence-corrected chi connectivity index (χ2v) is 8.29. The summed E-state index contributed by atoms with van der Waals surface area (Å²) in [6.07, 6.45) is 9.88. The highest BCUT2D eigenvalue weighted by Gasteiger charge is 2.35. The Labute approximate surface area is 164 Å². The normalized spacial score (nSPS) is 16.9. The first-order valence-corrected chi connectivity index (χ1v) is 10.8. The molecule has 0 unspecified atom stereocenters. The standard InChI is InChI=1S/C21H26N4OS/c1-24-19(14-16-8-4-2-5-9-16)22-23-21(24)27-15-20(26)25(18-12-13-18)17-10-6-3-7-11-17/h2,4-5,8-10,18H,3,6-7,11-15H2,1H3. The maximum absolute atomic E-state index is 12.9. The molecular formula is C21H26N4OS. The molecule has 0 bridgehead atoms. The zero-order valence-electron chi connectivity index (χ0n) is 15.8. The van der Waals surface area contributed by atoms with E-state index in [4.69, 9.17) is 0 Å². The van der Waals surface area contributed by atoms with Crippen LogP contribution in [0.1, 0.15) is 49.9 Å². The van der Waals surface area contributed by atoms with Crippen LogP contribution in [0.15, 0.2) is 47.3 Å². The SMILES string of the molecule is Cn1c(Cc2ccccc2)nnc1SCC(=O)N(C1=CCCCC1)C1CC1. The fourth-order valence-corrected chi connectivity index (χ4v) is 4.36. The Morgan fingerprint density at radius 3 is 2.74 bits per heavy atom. The third kappa shape index (κ3) is 4.43.